The first-order valence-corrected chi connectivity index (χ1v) is 6.81. The van der Waals surface area contributed by atoms with Crippen LogP contribution in [0.5, 0.6) is 0 Å². The highest BCUT2D eigenvalue weighted by Gasteiger charge is 2.36. The van der Waals surface area contributed by atoms with Gasteiger partial charge >= 0.3 is 6.18 Å². The van der Waals surface area contributed by atoms with E-state index in [0.29, 0.717) is 16.3 Å². The van der Waals surface area contributed by atoms with Crippen molar-refractivity contribution in [2.45, 2.75) is 6.18 Å². The fraction of sp³-hybridized carbons (Fsp3) is 0.0625. The molecule has 0 unspecified atom stereocenters. The first kappa shape index (κ1) is 14.7. The van der Waals surface area contributed by atoms with Crippen molar-refractivity contribution in [3.8, 4) is 16.9 Å². The molecule has 0 aliphatic heterocycles. The zero-order valence-electron chi connectivity index (χ0n) is 11.2. The van der Waals surface area contributed by atoms with Gasteiger partial charge in [-0.1, -0.05) is 41.9 Å². The molecule has 1 aromatic heterocycles. The van der Waals surface area contributed by atoms with Crippen molar-refractivity contribution in [2.75, 3.05) is 0 Å². The van der Waals surface area contributed by atoms with E-state index >= 15 is 0 Å². The molecule has 0 spiro atoms. The van der Waals surface area contributed by atoms with Crippen molar-refractivity contribution in [2.24, 2.45) is 0 Å². The van der Waals surface area contributed by atoms with Crippen molar-refractivity contribution in [3.05, 3.63) is 71.4 Å². The summed E-state index contributed by atoms with van der Waals surface area (Å²) in [4.78, 5) is 0. The second-order valence-corrected chi connectivity index (χ2v) is 5.10. The number of nitrogens with zero attached hydrogens (tertiary/aromatic N) is 2. The third-order valence-electron chi connectivity index (χ3n) is 3.14. The predicted octanol–water partition coefficient (Wildman–Crippen LogP) is 5.21. The van der Waals surface area contributed by atoms with Crippen molar-refractivity contribution in [1.29, 1.82) is 0 Å². The number of para-hydroxylation sites is 1. The minimum Gasteiger partial charge on any atom is -0.228 e. The molecule has 0 amide bonds. The lowest BCUT2D eigenvalue weighted by molar-refractivity contribution is -0.142. The Balaban J connectivity index is 2.15. The molecule has 0 atom stereocenters. The van der Waals surface area contributed by atoms with E-state index in [0.717, 1.165) is 10.7 Å². The van der Waals surface area contributed by atoms with E-state index in [-0.39, 0.29) is 5.69 Å². The van der Waals surface area contributed by atoms with Crippen LogP contribution in [0.15, 0.2) is 60.7 Å². The van der Waals surface area contributed by atoms with Crippen LogP contribution in [0.1, 0.15) is 5.69 Å². The Morgan fingerprint density at radius 3 is 2.14 bits per heavy atom. The zero-order chi connectivity index (χ0) is 15.7. The summed E-state index contributed by atoms with van der Waals surface area (Å²) in [6, 6.07) is 15.8. The lowest BCUT2D eigenvalue weighted by atomic mass is 10.1. The Labute approximate surface area is 129 Å². The molecule has 22 heavy (non-hydrogen) atoms. The highest BCUT2D eigenvalue weighted by atomic mass is 35.5. The first-order valence-electron chi connectivity index (χ1n) is 6.44. The molecule has 0 saturated heterocycles. The average molecular weight is 323 g/mol. The summed E-state index contributed by atoms with van der Waals surface area (Å²) in [7, 11) is 0. The second-order valence-electron chi connectivity index (χ2n) is 4.67. The summed E-state index contributed by atoms with van der Waals surface area (Å²) >= 11 is 5.80. The maximum atomic E-state index is 13.2. The van der Waals surface area contributed by atoms with Crippen molar-refractivity contribution in [1.82, 2.24) is 9.78 Å². The van der Waals surface area contributed by atoms with Gasteiger partial charge in [-0.3, -0.25) is 0 Å². The Morgan fingerprint density at radius 1 is 0.909 bits per heavy atom. The molecule has 0 N–H and O–H groups in total. The summed E-state index contributed by atoms with van der Waals surface area (Å²) in [5.41, 5.74) is 0.358. The van der Waals surface area contributed by atoms with Gasteiger partial charge in [-0.05, 0) is 30.3 Å². The molecule has 0 saturated carbocycles. The molecule has 3 aromatic rings. The van der Waals surface area contributed by atoms with Crippen LogP contribution in [0, 0.1) is 0 Å². The number of halogens is 4. The molecular formula is C16H10ClF3N2. The molecule has 2 nitrogen and oxygen atoms in total. The average Bonchev–Trinajstić information content (AvgIpc) is 2.94. The summed E-state index contributed by atoms with van der Waals surface area (Å²) < 4.78 is 40.6. The molecule has 0 aliphatic rings. The number of hydrogen-bond donors (Lipinski definition) is 0. The summed E-state index contributed by atoms with van der Waals surface area (Å²) in [5, 5.41) is 4.62. The molecule has 1 heterocycles. The van der Waals surface area contributed by atoms with Gasteiger partial charge in [0, 0.05) is 10.6 Å². The minimum atomic E-state index is -4.49. The van der Waals surface area contributed by atoms with Gasteiger partial charge in [0.2, 0.25) is 0 Å². The van der Waals surface area contributed by atoms with Gasteiger partial charge < -0.3 is 0 Å². The molecule has 0 aliphatic carbocycles. The molecule has 0 bridgehead atoms. The Morgan fingerprint density at radius 2 is 1.55 bits per heavy atom. The van der Waals surface area contributed by atoms with Gasteiger partial charge in [0.05, 0.1) is 11.4 Å². The molecule has 6 heteroatoms. The van der Waals surface area contributed by atoms with Gasteiger partial charge in [0.25, 0.3) is 0 Å². The fourth-order valence-electron chi connectivity index (χ4n) is 2.11. The van der Waals surface area contributed by atoms with Crippen molar-refractivity contribution >= 4 is 11.6 Å². The van der Waals surface area contributed by atoms with Crippen molar-refractivity contribution in [3.63, 3.8) is 0 Å². The molecule has 0 fully saturated rings. The van der Waals surface area contributed by atoms with Crippen LogP contribution >= 0.6 is 11.6 Å². The van der Waals surface area contributed by atoms with Gasteiger partial charge in [-0.15, -0.1) is 0 Å². The summed E-state index contributed by atoms with van der Waals surface area (Å²) in [5.74, 6) is 0. The fourth-order valence-corrected chi connectivity index (χ4v) is 2.24. The third-order valence-corrected chi connectivity index (χ3v) is 3.39. The van der Waals surface area contributed by atoms with Gasteiger partial charge in [0.15, 0.2) is 0 Å². The highest BCUT2D eigenvalue weighted by molar-refractivity contribution is 6.30. The van der Waals surface area contributed by atoms with E-state index in [9.17, 15) is 13.2 Å². The van der Waals surface area contributed by atoms with E-state index in [1.807, 2.05) is 0 Å². The Bertz CT molecular complexity index is 777. The lowest BCUT2D eigenvalue weighted by Gasteiger charge is -2.09. The van der Waals surface area contributed by atoms with E-state index in [4.69, 9.17) is 11.6 Å². The van der Waals surface area contributed by atoms with Crippen LogP contribution in [-0.2, 0) is 6.18 Å². The first-order chi connectivity index (χ1) is 10.4. The molecule has 3 rings (SSSR count). The monoisotopic (exact) mass is 322 g/mol. The summed E-state index contributed by atoms with van der Waals surface area (Å²) in [6.07, 6.45) is -4.49. The quantitative estimate of drug-likeness (QED) is 0.633. The van der Waals surface area contributed by atoms with E-state index in [1.54, 1.807) is 54.6 Å². The Kier molecular flexibility index (Phi) is 3.66. The predicted molar refractivity (Wildman–Crippen MR) is 79.0 cm³/mol. The topological polar surface area (TPSA) is 17.8 Å². The van der Waals surface area contributed by atoms with Crippen LogP contribution in [0.3, 0.4) is 0 Å². The molecule has 112 valence electrons. The summed E-state index contributed by atoms with van der Waals surface area (Å²) in [6.45, 7) is 0. The Hall–Kier alpha value is -2.27. The van der Waals surface area contributed by atoms with Crippen LogP contribution < -0.4 is 0 Å². The highest BCUT2D eigenvalue weighted by Crippen LogP contribution is 2.34. The maximum Gasteiger partial charge on any atom is 0.433 e. The standard InChI is InChI=1S/C16H10ClF3N2/c17-12-8-6-11(7-9-12)14-10-15(16(18,19)20)22(21-14)13-4-2-1-3-5-13/h1-10H. The smallest absolute Gasteiger partial charge is 0.228 e. The van der Waals surface area contributed by atoms with E-state index in [2.05, 4.69) is 5.10 Å². The number of alkyl halides is 3. The molecule has 2 aromatic carbocycles. The van der Waals surface area contributed by atoms with Crippen molar-refractivity contribution < 1.29 is 13.2 Å². The van der Waals surface area contributed by atoms with Gasteiger partial charge in [-0.2, -0.15) is 18.3 Å². The molecule has 0 radical (unpaired) electrons. The largest absolute Gasteiger partial charge is 0.433 e. The number of aromatic nitrogens is 2. The number of rotatable bonds is 2. The van der Waals surface area contributed by atoms with Crippen LogP contribution in [-0.4, -0.2) is 9.78 Å². The van der Waals surface area contributed by atoms with Crippen LogP contribution in [0.4, 0.5) is 13.2 Å². The van der Waals surface area contributed by atoms with Gasteiger partial charge in [0.1, 0.15) is 5.69 Å². The van der Waals surface area contributed by atoms with E-state index < -0.39 is 11.9 Å². The number of benzene rings is 2. The van der Waals surface area contributed by atoms with E-state index in [1.165, 1.54) is 0 Å². The SMILES string of the molecule is FC(F)(F)c1cc(-c2ccc(Cl)cc2)nn1-c1ccccc1. The normalized spacial score (nSPS) is 11.6. The van der Waals surface area contributed by atoms with Crippen LogP contribution in [0.2, 0.25) is 5.02 Å². The third kappa shape index (κ3) is 2.85. The molecular weight excluding hydrogens is 313 g/mol. The zero-order valence-corrected chi connectivity index (χ0v) is 11.9. The number of hydrogen-bond acceptors (Lipinski definition) is 1. The minimum absolute atomic E-state index is 0.243. The van der Waals surface area contributed by atoms with Crippen LogP contribution in [0.25, 0.3) is 16.9 Å². The van der Waals surface area contributed by atoms with Gasteiger partial charge in [-0.25, -0.2) is 4.68 Å². The second kappa shape index (κ2) is 5.50. The maximum absolute atomic E-state index is 13.2. The lowest BCUT2D eigenvalue weighted by Crippen LogP contribution is -2.13.